The maximum Gasteiger partial charge on any atom is 0.363 e. The first kappa shape index (κ1) is 15.0. The van der Waals surface area contributed by atoms with Gasteiger partial charge in [-0.3, -0.25) is 4.79 Å². The summed E-state index contributed by atoms with van der Waals surface area (Å²) in [6, 6.07) is 12.6. The Bertz CT molecular complexity index is 1130. The molecule has 0 aliphatic carbocycles. The fraction of sp³-hybridized carbons (Fsp3) is 0. The Labute approximate surface area is 140 Å². The van der Waals surface area contributed by atoms with E-state index in [1.807, 2.05) is 0 Å². The lowest BCUT2D eigenvalue weighted by atomic mass is 10.1. The van der Waals surface area contributed by atoms with Crippen molar-refractivity contribution >= 4 is 28.9 Å². The lowest BCUT2D eigenvalue weighted by Crippen LogP contribution is -2.08. The van der Waals surface area contributed by atoms with E-state index < -0.39 is 11.8 Å². The van der Waals surface area contributed by atoms with Crippen molar-refractivity contribution in [1.82, 2.24) is 0 Å². The molecule has 0 atom stereocenters. The summed E-state index contributed by atoms with van der Waals surface area (Å²) in [6.45, 7) is 0. The molecule has 1 aromatic heterocycles. The van der Waals surface area contributed by atoms with Gasteiger partial charge in [0.1, 0.15) is 17.7 Å². The first-order valence-corrected chi connectivity index (χ1v) is 7.41. The molecule has 4 rings (SSSR count). The van der Waals surface area contributed by atoms with Gasteiger partial charge in [-0.1, -0.05) is 24.3 Å². The van der Waals surface area contributed by atoms with E-state index in [1.165, 1.54) is 30.5 Å². The summed E-state index contributed by atoms with van der Waals surface area (Å²) in [5, 5.41) is 0.390. The molecule has 0 amide bonds. The van der Waals surface area contributed by atoms with Crippen LogP contribution >= 0.6 is 0 Å². The second kappa shape index (κ2) is 5.83. The quantitative estimate of drug-likeness (QED) is 0.532. The number of benzene rings is 2. The van der Waals surface area contributed by atoms with Gasteiger partial charge in [0.2, 0.25) is 5.90 Å². The maximum atomic E-state index is 13.8. The number of rotatable bonds is 2. The molecule has 0 saturated heterocycles. The normalized spacial score (nSPS) is 15.5. The van der Waals surface area contributed by atoms with E-state index in [-0.39, 0.29) is 28.2 Å². The minimum Gasteiger partial charge on any atom is -0.463 e. The summed E-state index contributed by atoms with van der Waals surface area (Å²) in [7, 11) is 0. The van der Waals surface area contributed by atoms with Gasteiger partial charge in [0.25, 0.3) is 0 Å². The zero-order valence-corrected chi connectivity index (χ0v) is 12.7. The molecule has 2 aromatic carbocycles. The highest BCUT2D eigenvalue weighted by Gasteiger charge is 2.26. The average Bonchev–Trinajstić information content (AvgIpc) is 2.98. The third-order valence-electron chi connectivity index (χ3n) is 3.72. The molecule has 3 aromatic rings. The van der Waals surface area contributed by atoms with E-state index in [0.29, 0.717) is 11.0 Å². The summed E-state index contributed by atoms with van der Waals surface area (Å²) in [4.78, 5) is 28.5. The number of hydrogen-bond donors (Lipinski definition) is 0. The van der Waals surface area contributed by atoms with E-state index in [2.05, 4.69) is 4.99 Å². The number of cyclic esters (lactones) is 1. The SMILES string of the molecule is O=C1OC(c2ccccc2F)=N/C1=C/c1coc2ccccc2c1=O. The first-order chi connectivity index (χ1) is 12.1. The summed E-state index contributed by atoms with van der Waals surface area (Å²) in [5.41, 5.74) is 0.283. The average molecular weight is 335 g/mol. The number of carbonyl (C=O) groups is 1. The van der Waals surface area contributed by atoms with Crippen molar-refractivity contribution in [2.75, 3.05) is 0 Å². The molecule has 0 unspecified atom stereocenters. The lowest BCUT2D eigenvalue weighted by molar-refractivity contribution is -0.129. The summed E-state index contributed by atoms with van der Waals surface area (Å²) in [5.74, 6) is -1.45. The third kappa shape index (κ3) is 2.63. The maximum absolute atomic E-state index is 13.8. The van der Waals surface area contributed by atoms with Crippen molar-refractivity contribution < 1.29 is 18.3 Å². The molecule has 122 valence electrons. The van der Waals surface area contributed by atoms with Crippen molar-refractivity contribution in [3.63, 3.8) is 0 Å². The van der Waals surface area contributed by atoms with Gasteiger partial charge in [-0.05, 0) is 30.3 Å². The largest absolute Gasteiger partial charge is 0.463 e. The molecule has 6 heteroatoms. The Morgan fingerprint density at radius 2 is 1.76 bits per heavy atom. The van der Waals surface area contributed by atoms with Crippen LogP contribution in [-0.4, -0.2) is 11.9 Å². The summed E-state index contributed by atoms with van der Waals surface area (Å²) in [6.07, 6.45) is 2.52. The van der Waals surface area contributed by atoms with Gasteiger partial charge in [0.05, 0.1) is 16.5 Å². The number of carbonyl (C=O) groups excluding carboxylic acids is 1. The Morgan fingerprint density at radius 1 is 1.00 bits per heavy atom. The van der Waals surface area contributed by atoms with Gasteiger partial charge < -0.3 is 9.15 Å². The molecule has 0 N–H and O–H groups in total. The second-order valence-electron chi connectivity index (χ2n) is 5.33. The number of halogens is 1. The van der Waals surface area contributed by atoms with E-state index in [4.69, 9.17) is 9.15 Å². The van der Waals surface area contributed by atoms with Crippen molar-refractivity contribution in [2.45, 2.75) is 0 Å². The molecule has 0 fully saturated rings. The molecule has 2 heterocycles. The Balaban J connectivity index is 1.79. The summed E-state index contributed by atoms with van der Waals surface area (Å²) < 4.78 is 24.2. The zero-order chi connectivity index (χ0) is 17.4. The number of fused-ring (bicyclic) bond motifs is 1. The van der Waals surface area contributed by atoms with Gasteiger partial charge in [-0.2, -0.15) is 0 Å². The van der Waals surface area contributed by atoms with Gasteiger partial charge in [-0.15, -0.1) is 0 Å². The van der Waals surface area contributed by atoms with Crippen LogP contribution in [0.15, 0.2) is 74.7 Å². The van der Waals surface area contributed by atoms with E-state index in [9.17, 15) is 14.0 Å². The van der Waals surface area contributed by atoms with Crippen LogP contribution in [-0.2, 0) is 9.53 Å². The van der Waals surface area contributed by atoms with Crippen LogP contribution in [0.25, 0.3) is 17.0 Å². The smallest absolute Gasteiger partial charge is 0.363 e. The number of nitrogens with zero attached hydrogens (tertiary/aromatic N) is 1. The van der Waals surface area contributed by atoms with E-state index >= 15 is 0 Å². The molecular weight excluding hydrogens is 325 g/mol. The fourth-order valence-electron chi connectivity index (χ4n) is 2.50. The Morgan fingerprint density at radius 3 is 2.60 bits per heavy atom. The minimum atomic E-state index is -0.759. The fourth-order valence-corrected chi connectivity index (χ4v) is 2.50. The monoisotopic (exact) mass is 335 g/mol. The van der Waals surface area contributed by atoms with E-state index in [1.54, 1.807) is 30.3 Å². The number of hydrogen-bond acceptors (Lipinski definition) is 5. The number of para-hydroxylation sites is 1. The molecule has 1 aliphatic rings. The topological polar surface area (TPSA) is 68.9 Å². The number of ether oxygens (including phenoxy) is 1. The lowest BCUT2D eigenvalue weighted by Gasteiger charge is -1.99. The molecule has 0 radical (unpaired) electrons. The molecule has 0 spiro atoms. The number of aliphatic imine (C=N–C) groups is 1. The standard InChI is InChI=1S/C19H10FNO4/c20-14-7-3-1-5-12(14)18-21-15(19(23)25-18)9-11-10-24-16-8-4-2-6-13(16)17(11)22/h1-10H/b15-9+. The highest BCUT2D eigenvalue weighted by atomic mass is 19.1. The highest BCUT2D eigenvalue weighted by Crippen LogP contribution is 2.20. The van der Waals surface area contributed by atoms with Crippen LogP contribution in [0.4, 0.5) is 4.39 Å². The van der Waals surface area contributed by atoms with Crippen LogP contribution in [0, 0.1) is 5.82 Å². The van der Waals surface area contributed by atoms with E-state index in [0.717, 1.165) is 0 Å². The predicted octanol–water partition coefficient (Wildman–Crippen LogP) is 3.28. The van der Waals surface area contributed by atoms with Crippen LogP contribution in [0.5, 0.6) is 0 Å². The van der Waals surface area contributed by atoms with Crippen LogP contribution in [0.3, 0.4) is 0 Å². The van der Waals surface area contributed by atoms with Gasteiger partial charge in [-0.25, -0.2) is 14.2 Å². The minimum absolute atomic E-state index is 0.0739. The van der Waals surface area contributed by atoms with Crippen LogP contribution in [0.1, 0.15) is 11.1 Å². The molecule has 1 aliphatic heterocycles. The van der Waals surface area contributed by atoms with Crippen molar-refractivity contribution in [3.05, 3.63) is 87.7 Å². The second-order valence-corrected chi connectivity index (χ2v) is 5.33. The Hall–Kier alpha value is -3.54. The van der Waals surface area contributed by atoms with Crippen LogP contribution in [0.2, 0.25) is 0 Å². The first-order valence-electron chi connectivity index (χ1n) is 7.41. The Kier molecular flexibility index (Phi) is 3.50. The van der Waals surface area contributed by atoms with Crippen LogP contribution < -0.4 is 5.43 Å². The molecule has 25 heavy (non-hydrogen) atoms. The van der Waals surface area contributed by atoms with Crippen molar-refractivity contribution in [2.24, 2.45) is 4.99 Å². The third-order valence-corrected chi connectivity index (χ3v) is 3.72. The number of esters is 1. The van der Waals surface area contributed by atoms with Gasteiger partial charge in [0.15, 0.2) is 11.1 Å². The molecular formula is C19H10FNO4. The molecule has 5 nitrogen and oxygen atoms in total. The van der Waals surface area contributed by atoms with Gasteiger partial charge in [0, 0.05) is 0 Å². The zero-order valence-electron chi connectivity index (χ0n) is 12.7. The molecule has 0 bridgehead atoms. The van der Waals surface area contributed by atoms with Crippen molar-refractivity contribution in [1.29, 1.82) is 0 Å². The van der Waals surface area contributed by atoms with Gasteiger partial charge >= 0.3 is 5.97 Å². The predicted molar refractivity (Wildman–Crippen MR) is 89.5 cm³/mol. The highest BCUT2D eigenvalue weighted by molar-refractivity contribution is 6.13. The van der Waals surface area contributed by atoms with Crippen molar-refractivity contribution in [3.8, 4) is 0 Å². The summed E-state index contributed by atoms with van der Waals surface area (Å²) >= 11 is 0. The molecule has 0 saturated carbocycles.